The summed E-state index contributed by atoms with van der Waals surface area (Å²) in [7, 11) is 0. The van der Waals surface area contributed by atoms with Crippen LogP contribution in [0.15, 0.2) is 18.2 Å². The van der Waals surface area contributed by atoms with E-state index in [1.54, 1.807) is 0 Å². The number of phenolic OH excluding ortho intramolecular Hbond substituents is 1. The SMILES string of the molecule is NCCCC(=O)Nc1cc(C(F)(F)F)ccc1O. The Kier molecular flexibility index (Phi) is 4.55. The highest BCUT2D eigenvalue weighted by Gasteiger charge is 2.31. The minimum atomic E-state index is -4.52. The molecule has 0 aromatic heterocycles. The van der Waals surface area contributed by atoms with Crippen molar-refractivity contribution in [1.29, 1.82) is 0 Å². The number of anilines is 1. The number of hydrogen-bond acceptors (Lipinski definition) is 3. The number of alkyl halides is 3. The number of nitrogens with one attached hydrogen (secondary N) is 1. The maximum atomic E-state index is 12.4. The van der Waals surface area contributed by atoms with Gasteiger partial charge in [0.05, 0.1) is 11.3 Å². The molecule has 0 aliphatic heterocycles. The molecule has 1 aromatic carbocycles. The molecule has 1 amide bonds. The molecule has 18 heavy (non-hydrogen) atoms. The molecule has 4 N–H and O–H groups in total. The number of aromatic hydroxyl groups is 1. The lowest BCUT2D eigenvalue weighted by atomic mass is 10.1. The van der Waals surface area contributed by atoms with Crippen LogP contribution in [0.4, 0.5) is 18.9 Å². The Morgan fingerprint density at radius 2 is 2.06 bits per heavy atom. The molecule has 1 rings (SSSR count). The Morgan fingerprint density at radius 1 is 1.39 bits per heavy atom. The molecule has 0 saturated heterocycles. The zero-order chi connectivity index (χ0) is 13.8. The van der Waals surface area contributed by atoms with Crippen LogP contribution in [-0.2, 0) is 11.0 Å². The molecule has 0 bridgehead atoms. The second-order valence-electron chi connectivity index (χ2n) is 3.67. The molecule has 0 heterocycles. The van der Waals surface area contributed by atoms with E-state index in [-0.39, 0.29) is 12.1 Å². The lowest BCUT2D eigenvalue weighted by molar-refractivity contribution is -0.137. The van der Waals surface area contributed by atoms with E-state index in [0.29, 0.717) is 19.0 Å². The van der Waals surface area contributed by atoms with Crippen LogP contribution in [0.3, 0.4) is 0 Å². The van der Waals surface area contributed by atoms with Gasteiger partial charge in [-0.1, -0.05) is 0 Å². The monoisotopic (exact) mass is 262 g/mol. The highest BCUT2D eigenvalue weighted by Crippen LogP contribution is 2.34. The molecule has 0 fully saturated rings. The van der Waals surface area contributed by atoms with Crippen molar-refractivity contribution in [2.45, 2.75) is 19.0 Å². The largest absolute Gasteiger partial charge is 0.506 e. The Labute approximate surface area is 102 Å². The Morgan fingerprint density at radius 3 is 2.61 bits per heavy atom. The zero-order valence-electron chi connectivity index (χ0n) is 9.42. The fourth-order valence-corrected chi connectivity index (χ4v) is 1.29. The van der Waals surface area contributed by atoms with Crippen LogP contribution < -0.4 is 11.1 Å². The minimum absolute atomic E-state index is 0.0895. The van der Waals surface area contributed by atoms with Crippen molar-refractivity contribution in [3.8, 4) is 5.75 Å². The topological polar surface area (TPSA) is 75.4 Å². The molecule has 0 spiro atoms. The predicted molar refractivity (Wildman–Crippen MR) is 60.0 cm³/mol. The highest BCUT2D eigenvalue weighted by molar-refractivity contribution is 5.92. The second-order valence-corrected chi connectivity index (χ2v) is 3.67. The van der Waals surface area contributed by atoms with Crippen LogP contribution in [0.2, 0.25) is 0 Å². The van der Waals surface area contributed by atoms with Gasteiger partial charge >= 0.3 is 6.18 Å². The maximum Gasteiger partial charge on any atom is 0.416 e. The first-order valence-corrected chi connectivity index (χ1v) is 5.24. The number of hydrogen-bond donors (Lipinski definition) is 3. The molecule has 0 aliphatic rings. The van der Waals surface area contributed by atoms with E-state index in [2.05, 4.69) is 5.32 Å². The van der Waals surface area contributed by atoms with Crippen LogP contribution >= 0.6 is 0 Å². The number of amides is 1. The summed E-state index contributed by atoms with van der Waals surface area (Å²) < 4.78 is 37.3. The smallest absolute Gasteiger partial charge is 0.416 e. The third-order valence-corrected chi connectivity index (χ3v) is 2.21. The summed E-state index contributed by atoms with van der Waals surface area (Å²) in [4.78, 5) is 11.3. The number of rotatable bonds is 4. The van der Waals surface area contributed by atoms with Gasteiger partial charge < -0.3 is 16.2 Å². The van der Waals surface area contributed by atoms with E-state index in [1.807, 2.05) is 0 Å². The normalized spacial score (nSPS) is 11.3. The summed E-state index contributed by atoms with van der Waals surface area (Å²) in [6, 6.07) is 2.32. The molecular formula is C11H13F3N2O2. The summed E-state index contributed by atoms with van der Waals surface area (Å²) in [5, 5.41) is 11.6. The molecule has 0 aliphatic carbocycles. The van der Waals surface area contributed by atoms with Crippen LogP contribution in [0.5, 0.6) is 5.75 Å². The quantitative estimate of drug-likeness (QED) is 0.727. The molecule has 7 heteroatoms. The maximum absolute atomic E-state index is 12.4. The van der Waals surface area contributed by atoms with Crippen molar-refractivity contribution in [2.75, 3.05) is 11.9 Å². The van der Waals surface area contributed by atoms with Crippen molar-refractivity contribution < 1.29 is 23.1 Å². The number of nitrogens with two attached hydrogens (primary N) is 1. The van der Waals surface area contributed by atoms with Crippen LogP contribution in [0.1, 0.15) is 18.4 Å². The average molecular weight is 262 g/mol. The number of phenols is 1. The van der Waals surface area contributed by atoms with E-state index in [0.717, 1.165) is 12.1 Å². The summed E-state index contributed by atoms with van der Waals surface area (Å²) in [5.74, 6) is -0.904. The summed E-state index contributed by atoms with van der Waals surface area (Å²) in [6.07, 6.45) is -4.01. The molecule has 100 valence electrons. The minimum Gasteiger partial charge on any atom is -0.506 e. The van der Waals surface area contributed by atoms with Crippen LogP contribution in [0.25, 0.3) is 0 Å². The first-order chi connectivity index (χ1) is 8.34. The number of halogens is 3. The predicted octanol–water partition coefficient (Wildman–Crippen LogP) is 2.09. The lowest BCUT2D eigenvalue weighted by Gasteiger charge is -2.11. The standard InChI is InChI=1S/C11H13F3N2O2/c12-11(13,14)7-3-4-9(17)8(6-7)16-10(18)2-1-5-15/h3-4,6,17H,1-2,5,15H2,(H,16,18). The molecule has 0 atom stereocenters. The zero-order valence-corrected chi connectivity index (χ0v) is 9.42. The Hall–Kier alpha value is -1.76. The Balaban J connectivity index is 2.85. The first kappa shape index (κ1) is 14.3. The molecule has 0 unspecified atom stereocenters. The highest BCUT2D eigenvalue weighted by atomic mass is 19.4. The van der Waals surface area contributed by atoms with Gasteiger partial charge in [-0.05, 0) is 31.2 Å². The molecular weight excluding hydrogens is 249 g/mol. The van der Waals surface area contributed by atoms with Gasteiger partial charge in [0.15, 0.2) is 0 Å². The van der Waals surface area contributed by atoms with E-state index in [1.165, 1.54) is 0 Å². The summed E-state index contributed by atoms with van der Waals surface area (Å²) in [6.45, 7) is 0.308. The van der Waals surface area contributed by atoms with Gasteiger partial charge in [-0.25, -0.2) is 0 Å². The fourth-order valence-electron chi connectivity index (χ4n) is 1.29. The van der Waals surface area contributed by atoms with Gasteiger partial charge in [0, 0.05) is 6.42 Å². The molecule has 0 radical (unpaired) electrons. The second kappa shape index (κ2) is 5.72. The molecule has 1 aromatic rings. The number of benzene rings is 1. The van der Waals surface area contributed by atoms with Gasteiger partial charge in [-0.15, -0.1) is 0 Å². The third-order valence-electron chi connectivity index (χ3n) is 2.21. The van der Waals surface area contributed by atoms with E-state index < -0.39 is 23.4 Å². The van der Waals surface area contributed by atoms with Gasteiger partial charge in [0.25, 0.3) is 0 Å². The van der Waals surface area contributed by atoms with Gasteiger partial charge in [-0.2, -0.15) is 13.2 Å². The van der Waals surface area contributed by atoms with E-state index >= 15 is 0 Å². The fraction of sp³-hybridized carbons (Fsp3) is 0.364. The summed E-state index contributed by atoms with van der Waals surface area (Å²) >= 11 is 0. The van der Waals surface area contributed by atoms with E-state index in [4.69, 9.17) is 5.73 Å². The van der Waals surface area contributed by atoms with Gasteiger partial charge in [0.1, 0.15) is 5.75 Å². The van der Waals surface area contributed by atoms with Crippen molar-refractivity contribution in [1.82, 2.24) is 0 Å². The Bertz CT molecular complexity index is 433. The van der Waals surface area contributed by atoms with E-state index in [9.17, 15) is 23.1 Å². The van der Waals surface area contributed by atoms with Crippen molar-refractivity contribution in [3.05, 3.63) is 23.8 Å². The van der Waals surface area contributed by atoms with Crippen molar-refractivity contribution in [2.24, 2.45) is 5.73 Å². The van der Waals surface area contributed by atoms with Crippen LogP contribution in [-0.4, -0.2) is 17.6 Å². The van der Waals surface area contributed by atoms with Gasteiger partial charge in [0.2, 0.25) is 5.91 Å². The van der Waals surface area contributed by atoms with Gasteiger partial charge in [-0.3, -0.25) is 4.79 Å². The summed E-state index contributed by atoms with van der Waals surface area (Å²) in [5.41, 5.74) is 4.01. The first-order valence-electron chi connectivity index (χ1n) is 5.24. The number of carbonyl (C=O) groups excluding carboxylic acids is 1. The van der Waals surface area contributed by atoms with Crippen molar-refractivity contribution >= 4 is 11.6 Å². The average Bonchev–Trinajstić information content (AvgIpc) is 2.28. The third kappa shape index (κ3) is 3.92. The molecule has 0 saturated carbocycles. The number of carbonyl (C=O) groups is 1. The van der Waals surface area contributed by atoms with Crippen LogP contribution in [0, 0.1) is 0 Å². The lowest BCUT2D eigenvalue weighted by Crippen LogP contribution is -2.14. The van der Waals surface area contributed by atoms with Crippen molar-refractivity contribution in [3.63, 3.8) is 0 Å². The molecule has 4 nitrogen and oxygen atoms in total.